The predicted octanol–water partition coefficient (Wildman–Crippen LogP) is 4.83. The quantitative estimate of drug-likeness (QED) is 0.702. The van der Waals surface area contributed by atoms with Crippen molar-refractivity contribution in [2.75, 3.05) is 18.4 Å². The number of rotatable bonds is 7. The van der Waals surface area contributed by atoms with Gasteiger partial charge in [0.05, 0.1) is 0 Å². The molecule has 3 rings (SSSR count). The Bertz CT molecular complexity index is 823. The molecule has 0 spiro atoms. The largest absolute Gasteiger partial charge is 0.326 e. The summed E-state index contributed by atoms with van der Waals surface area (Å²) in [6, 6.07) is 15.9. The number of hydrogen-bond donors (Lipinski definition) is 1. The topological polar surface area (TPSA) is 49.4 Å². The average molecular weight is 379 g/mol. The van der Waals surface area contributed by atoms with Crippen LogP contribution in [0.1, 0.15) is 54.1 Å². The van der Waals surface area contributed by atoms with Gasteiger partial charge in [-0.2, -0.15) is 0 Å². The van der Waals surface area contributed by atoms with Crippen LogP contribution < -0.4 is 5.32 Å². The van der Waals surface area contributed by atoms with Crippen LogP contribution in [0.4, 0.5) is 5.69 Å². The molecule has 0 aromatic heterocycles. The van der Waals surface area contributed by atoms with Gasteiger partial charge in [-0.15, -0.1) is 0 Å². The summed E-state index contributed by atoms with van der Waals surface area (Å²) in [5, 5.41) is 3.00. The van der Waals surface area contributed by atoms with Crippen LogP contribution in [-0.4, -0.2) is 29.7 Å². The van der Waals surface area contributed by atoms with Gasteiger partial charge in [-0.1, -0.05) is 30.3 Å². The Labute approximate surface area is 167 Å². The van der Waals surface area contributed by atoms with Gasteiger partial charge in [0, 0.05) is 24.2 Å². The fourth-order valence-corrected chi connectivity index (χ4v) is 3.86. The minimum Gasteiger partial charge on any atom is -0.326 e. The summed E-state index contributed by atoms with van der Waals surface area (Å²) in [6.45, 7) is 6.63. The second kappa shape index (κ2) is 9.65. The lowest BCUT2D eigenvalue weighted by atomic mass is 9.91. The van der Waals surface area contributed by atoms with Crippen LogP contribution in [0.2, 0.25) is 0 Å². The average Bonchev–Trinajstić information content (AvgIpc) is 2.68. The first kappa shape index (κ1) is 20.3. The number of piperidine rings is 1. The summed E-state index contributed by atoms with van der Waals surface area (Å²) in [6.07, 6.45) is 3.79. The van der Waals surface area contributed by atoms with Crippen molar-refractivity contribution < 1.29 is 9.59 Å². The van der Waals surface area contributed by atoms with E-state index in [9.17, 15) is 9.59 Å². The van der Waals surface area contributed by atoms with Gasteiger partial charge < -0.3 is 5.32 Å². The second-order valence-electron chi connectivity index (χ2n) is 7.93. The van der Waals surface area contributed by atoms with E-state index < -0.39 is 0 Å². The maximum absolute atomic E-state index is 12.2. The van der Waals surface area contributed by atoms with Crippen molar-refractivity contribution in [1.29, 1.82) is 0 Å². The van der Waals surface area contributed by atoms with E-state index in [2.05, 4.69) is 16.3 Å². The van der Waals surface area contributed by atoms with Crippen LogP contribution in [0, 0.1) is 12.8 Å². The Balaban J connectivity index is 1.40. The van der Waals surface area contributed by atoms with E-state index >= 15 is 0 Å². The van der Waals surface area contributed by atoms with E-state index in [4.69, 9.17) is 0 Å². The lowest BCUT2D eigenvalue weighted by Crippen LogP contribution is -2.33. The summed E-state index contributed by atoms with van der Waals surface area (Å²) < 4.78 is 0. The minimum absolute atomic E-state index is 0.106. The normalized spacial score (nSPS) is 15.4. The smallest absolute Gasteiger partial charge is 0.224 e. The number of aryl methyl sites for hydroxylation is 1. The van der Waals surface area contributed by atoms with Gasteiger partial charge >= 0.3 is 0 Å². The monoisotopic (exact) mass is 378 g/mol. The molecule has 1 saturated heterocycles. The zero-order chi connectivity index (χ0) is 19.9. The molecule has 1 fully saturated rings. The highest BCUT2D eigenvalue weighted by atomic mass is 16.1. The molecule has 4 heteroatoms. The predicted molar refractivity (Wildman–Crippen MR) is 113 cm³/mol. The van der Waals surface area contributed by atoms with Crippen molar-refractivity contribution in [2.45, 2.75) is 46.1 Å². The van der Waals surface area contributed by atoms with Gasteiger partial charge in [0.1, 0.15) is 0 Å². The molecule has 0 saturated carbocycles. The van der Waals surface area contributed by atoms with E-state index in [0.29, 0.717) is 12.3 Å². The number of likely N-dealkylation sites (tertiary alicyclic amines) is 1. The molecule has 1 aliphatic heterocycles. The molecule has 2 aromatic rings. The van der Waals surface area contributed by atoms with Crippen LogP contribution in [0.5, 0.6) is 0 Å². The number of hydrogen-bond acceptors (Lipinski definition) is 3. The Morgan fingerprint density at radius 2 is 1.82 bits per heavy atom. The molecule has 148 valence electrons. The number of nitrogens with one attached hydrogen (secondary N) is 1. The number of carbonyl (C=O) groups is 2. The van der Waals surface area contributed by atoms with E-state index in [1.165, 1.54) is 5.56 Å². The highest BCUT2D eigenvalue weighted by Gasteiger charge is 2.20. The van der Waals surface area contributed by atoms with E-state index in [-0.39, 0.29) is 11.7 Å². The van der Waals surface area contributed by atoms with Crippen molar-refractivity contribution in [2.24, 2.45) is 5.92 Å². The van der Waals surface area contributed by atoms with E-state index in [1.807, 2.05) is 49.4 Å². The molecule has 1 amide bonds. The molecule has 4 nitrogen and oxygen atoms in total. The van der Waals surface area contributed by atoms with Gasteiger partial charge in [0.2, 0.25) is 5.91 Å². The molecule has 0 atom stereocenters. The lowest BCUT2D eigenvalue weighted by molar-refractivity contribution is -0.116. The highest BCUT2D eigenvalue weighted by molar-refractivity contribution is 5.94. The molecule has 1 heterocycles. The SMILES string of the molecule is CC(=O)c1cccc(CN2CCC(CCC(=O)Nc3cccc(C)c3)CC2)c1. The second-order valence-corrected chi connectivity index (χ2v) is 7.93. The van der Waals surface area contributed by atoms with Crippen LogP contribution in [0.3, 0.4) is 0 Å². The van der Waals surface area contributed by atoms with Crippen molar-refractivity contribution in [3.05, 3.63) is 65.2 Å². The zero-order valence-electron chi connectivity index (χ0n) is 16.9. The zero-order valence-corrected chi connectivity index (χ0v) is 16.9. The molecule has 0 unspecified atom stereocenters. The summed E-state index contributed by atoms with van der Waals surface area (Å²) in [7, 11) is 0. The van der Waals surface area contributed by atoms with Crippen molar-refractivity contribution >= 4 is 17.4 Å². The number of ketones is 1. The fourth-order valence-electron chi connectivity index (χ4n) is 3.86. The third kappa shape index (κ3) is 6.03. The molecule has 0 bridgehead atoms. The number of nitrogens with zero attached hydrogens (tertiary/aromatic N) is 1. The van der Waals surface area contributed by atoms with Crippen LogP contribution in [-0.2, 0) is 11.3 Å². The number of benzene rings is 2. The van der Waals surface area contributed by atoms with Crippen molar-refractivity contribution in [3.63, 3.8) is 0 Å². The molecular weight excluding hydrogens is 348 g/mol. The van der Waals surface area contributed by atoms with Gasteiger partial charge in [0.25, 0.3) is 0 Å². The first-order chi connectivity index (χ1) is 13.5. The third-order valence-corrected chi connectivity index (χ3v) is 5.53. The van der Waals surface area contributed by atoms with Crippen molar-refractivity contribution in [3.8, 4) is 0 Å². The number of amides is 1. The van der Waals surface area contributed by atoms with Crippen LogP contribution in [0.25, 0.3) is 0 Å². The first-order valence-corrected chi connectivity index (χ1v) is 10.2. The Morgan fingerprint density at radius 3 is 2.54 bits per heavy atom. The molecule has 28 heavy (non-hydrogen) atoms. The van der Waals surface area contributed by atoms with Gasteiger partial charge in [0.15, 0.2) is 5.78 Å². The Kier molecular flexibility index (Phi) is 6.99. The number of anilines is 1. The molecule has 2 aromatic carbocycles. The van der Waals surface area contributed by atoms with Gasteiger partial charge in [-0.3, -0.25) is 14.5 Å². The summed E-state index contributed by atoms with van der Waals surface area (Å²) in [5.41, 5.74) is 4.02. The molecule has 1 aliphatic rings. The lowest BCUT2D eigenvalue weighted by Gasteiger charge is -2.32. The van der Waals surface area contributed by atoms with E-state index in [1.54, 1.807) is 6.92 Å². The van der Waals surface area contributed by atoms with Gasteiger partial charge in [-0.25, -0.2) is 0 Å². The Morgan fingerprint density at radius 1 is 1.07 bits per heavy atom. The standard InChI is InChI=1S/C24H30N2O2/c1-18-5-3-8-23(15-18)25-24(28)10-9-20-11-13-26(14-12-20)17-21-6-4-7-22(16-21)19(2)27/h3-8,15-16,20H,9-14,17H2,1-2H3,(H,25,28). The molecular formula is C24H30N2O2. The molecule has 1 N–H and O–H groups in total. The fraction of sp³-hybridized carbons (Fsp3) is 0.417. The van der Waals surface area contributed by atoms with Crippen LogP contribution in [0.15, 0.2) is 48.5 Å². The Hall–Kier alpha value is -2.46. The minimum atomic E-state index is 0.106. The highest BCUT2D eigenvalue weighted by Crippen LogP contribution is 2.23. The summed E-state index contributed by atoms with van der Waals surface area (Å²) >= 11 is 0. The first-order valence-electron chi connectivity index (χ1n) is 10.2. The van der Waals surface area contributed by atoms with Crippen LogP contribution >= 0.6 is 0 Å². The van der Waals surface area contributed by atoms with E-state index in [0.717, 1.165) is 55.7 Å². The summed E-state index contributed by atoms with van der Waals surface area (Å²) in [4.78, 5) is 26.2. The molecule has 0 aliphatic carbocycles. The van der Waals surface area contributed by atoms with Gasteiger partial charge in [-0.05, 0) is 81.4 Å². The maximum Gasteiger partial charge on any atom is 0.224 e. The third-order valence-electron chi connectivity index (χ3n) is 5.53. The summed E-state index contributed by atoms with van der Waals surface area (Å²) in [5.74, 6) is 0.835. The number of carbonyl (C=O) groups excluding carboxylic acids is 2. The molecule has 0 radical (unpaired) electrons. The number of Topliss-reactive ketones (excluding diaryl/α,β-unsaturated/α-hetero) is 1. The van der Waals surface area contributed by atoms with Crippen molar-refractivity contribution in [1.82, 2.24) is 4.90 Å². The maximum atomic E-state index is 12.2.